The van der Waals surface area contributed by atoms with Crippen LogP contribution in [0.2, 0.25) is 0 Å². The smallest absolute Gasteiger partial charge is 0.262 e. The van der Waals surface area contributed by atoms with E-state index in [9.17, 15) is 13.6 Å². The molecule has 0 spiro atoms. The van der Waals surface area contributed by atoms with Crippen molar-refractivity contribution in [2.75, 3.05) is 11.1 Å². The molecule has 0 aliphatic rings. The molecule has 100 valence electrons. The third-order valence-corrected chi connectivity index (χ3v) is 2.74. The summed E-state index contributed by atoms with van der Waals surface area (Å²) in [5.74, 6) is -2.73. The molecule has 0 bridgehead atoms. The van der Waals surface area contributed by atoms with Gasteiger partial charge < -0.3 is 11.1 Å². The summed E-state index contributed by atoms with van der Waals surface area (Å²) >= 11 is 0. The van der Waals surface area contributed by atoms with E-state index in [1.807, 2.05) is 0 Å². The number of hydrogen-bond donors (Lipinski definition) is 3. The van der Waals surface area contributed by atoms with Gasteiger partial charge in [0.25, 0.3) is 5.91 Å². The van der Waals surface area contributed by atoms with Crippen LogP contribution in [-0.4, -0.2) is 16.1 Å². The lowest BCUT2D eigenvalue weighted by Crippen LogP contribution is -2.17. The Labute approximate surface area is 107 Å². The summed E-state index contributed by atoms with van der Waals surface area (Å²) < 4.78 is 27.3. The molecule has 2 rings (SSSR count). The number of carbonyl (C=O) groups excluding carboxylic acids is 1. The Morgan fingerprint density at radius 1 is 1.37 bits per heavy atom. The molecule has 1 heterocycles. The number of aryl methyl sites for hydroxylation is 2. The fraction of sp³-hybridized carbons (Fsp3) is 0.167. The molecule has 2 aromatic rings. The number of aromatic amines is 1. The van der Waals surface area contributed by atoms with E-state index in [1.165, 1.54) is 13.0 Å². The minimum absolute atomic E-state index is 0.0443. The van der Waals surface area contributed by atoms with Crippen molar-refractivity contribution in [3.63, 3.8) is 0 Å². The lowest BCUT2D eigenvalue weighted by molar-refractivity contribution is 0.101. The zero-order chi connectivity index (χ0) is 14.2. The molecule has 19 heavy (non-hydrogen) atoms. The number of hydrogen-bond acceptors (Lipinski definition) is 3. The SMILES string of the molecule is Cc1ccc(F)c(C(=O)Nc2n[nH]c(C)c2N)c1F. The number of aromatic nitrogens is 2. The molecular weight excluding hydrogens is 254 g/mol. The monoisotopic (exact) mass is 266 g/mol. The lowest BCUT2D eigenvalue weighted by atomic mass is 10.1. The predicted octanol–water partition coefficient (Wildman–Crippen LogP) is 2.14. The number of benzene rings is 1. The topological polar surface area (TPSA) is 83.8 Å². The van der Waals surface area contributed by atoms with Crippen molar-refractivity contribution in [2.24, 2.45) is 0 Å². The number of nitrogens with zero attached hydrogens (tertiary/aromatic N) is 1. The van der Waals surface area contributed by atoms with Gasteiger partial charge in [0.15, 0.2) is 5.82 Å². The average molecular weight is 266 g/mol. The van der Waals surface area contributed by atoms with E-state index in [1.54, 1.807) is 6.92 Å². The van der Waals surface area contributed by atoms with E-state index in [4.69, 9.17) is 5.73 Å². The third-order valence-electron chi connectivity index (χ3n) is 2.74. The van der Waals surface area contributed by atoms with E-state index in [0.717, 1.165) is 6.07 Å². The summed E-state index contributed by atoms with van der Waals surface area (Å²) in [6.07, 6.45) is 0. The number of carbonyl (C=O) groups is 1. The zero-order valence-electron chi connectivity index (χ0n) is 10.3. The van der Waals surface area contributed by atoms with Gasteiger partial charge >= 0.3 is 0 Å². The van der Waals surface area contributed by atoms with E-state index in [2.05, 4.69) is 15.5 Å². The first-order valence-electron chi connectivity index (χ1n) is 5.48. The van der Waals surface area contributed by atoms with Crippen molar-refractivity contribution >= 4 is 17.4 Å². The number of halogens is 2. The van der Waals surface area contributed by atoms with E-state index < -0.39 is 23.1 Å². The van der Waals surface area contributed by atoms with Gasteiger partial charge in [-0.25, -0.2) is 8.78 Å². The Kier molecular flexibility index (Phi) is 3.20. The first kappa shape index (κ1) is 13.0. The Morgan fingerprint density at radius 3 is 2.63 bits per heavy atom. The van der Waals surface area contributed by atoms with Crippen LogP contribution in [-0.2, 0) is 0 Å². The molecular formula is C12H12F2N4O. The Bertz CT molecular complexity index is 651. The van der Waals surface area contributed by atoms with Gasteiger partial charge in [0, 0.05) is 0 Å². The van der Waals surface area contributed by atoms with Crippen LogP contribution in [0.4, 0.5) is 20.3 Å². The highest BCUT2D eigenvalue weighted by molar-refractivity contribution is 6.05. The van der Waals surface area contributed by atoms with Crippen LogP contribution in [0.3, 0.4) is 0 Å². The number of nitrogen functional groups attached to an aromatic ring is 1. The third kappa shape index (κ3) is 2.26. The molecule has 1 aromatic heterocycles. The number of H-pyrrole nitrogens is 1. The maximum absolute atomic E-state index is 13.8. The molecule has 0 unspecified atom stereocenters. The van der Waals surface area contributed by atoms with E-state index in [-0.39, 0.29) is 17.1 Å². The molecule has 1 aromatic carbocycles. The van der Waals surface area contributed by atoms with Gasteiger partial charge in [-0.2, -0.15) is 5.10 Å². The summed E-state index contributed by atoms with van der Waals surface area (Å²) in [6.45, 7) is 3.10. The van der Waals surface area contributed by atoms with Crippen LogP contribution >= 0.6 is 0 Å². The van der Waals surface area contributed by atoms with Gasteiger partial charge in [-0.15, -0.1) is 0 Å². The van der Waals surface area contributed by atoms with Gasteiger partial charge in [-0.3, -0.25) is 9.89 Å². The summed E-state index contributed by atoms with van der Waals surface area (Å²) in [5.41, 5.74) is 5.94. The molecule has 5 nitrogen and oxygen atoms in total. The second-order valence-electron chi connectivity index (χ2n) is 4.12. The molecule has 0 radical (unpaired) electrons. The second-order valence-corrected chi connectivity index (χ2v) is 4.12. The summed E-state index contributed by atoms with van der Waals surface area (Å²) in [5, 5.41) is 8.56. The van der Waals surface area contributed by atoms with Crippen molar-refractivity contribution in [3.8, 4) is 0 Å². The minimum Gasteiger partial charge on any atom is -0.394 e. The summed E-state index contributed by atoms with van der Waals surface area (Å²) in [7, 11) is 0. The molecule has 0 aliphatic carbocycles. The fourth-order valence-electron chi connectivity index (χ4n) is 1.57. The Morgan fingerprint density at radius 2 is 2.05 bits per heavy atom. The number of nitrogens with two attached hydrogens (primary N) is 1. The van der Waals surface area contributed by atoms with Crippen LogP contribution in [0, 0.1) is 25.5 Å². The molecule has 0 saturated heterocycles. The lowest BCUT2D eigenvalue weighted by Gasteiger charge is -2.07. The second kappa shape index (κ2) is 4.68. The summed E-state index contributed by atoms with van der Waals surface area (Å²) in [6, 6.07) is 2.29. The van der Waals surface area contributed by atoms with Crippen LogP contribution in [0.15, 0.2) is 12.1 Å². The molecule has 7 heteroatoms. The predicted molar refractivity (Wildman–Crippen MR) is 66.8 cm³/mol. The fourth-order valence-corrected chi connectivity index (χ4v) is 1.57. The standard InChI is InChI=1S/C12H12F2N4O/c1-5-3-4-7(13)8(9(5)14)12(19)16-11-10(15)6(2)17-18-11/h3-4H,15H2,1-2H3,(H2,16,17,18,19). The maximum Gasteiger partial charge on any atom is 0.262 e. The molecule has 0 saturated carbocycles. The first-order chi connectivity index (χ1) is 8.91. The Balaban J connectivity index is 2.36. The van der Waals surface area contributed by atoms with Gasteiger partial charge in [0.2, 0.25) is 0 Å². The normalized spacial score (nSPS) is 10.5. The highest BCUT2D eigenvalue weighted by Crippen LogP contribution is 2.21. The largest absolute Gasteiger partial charge is 0.394 e. The van der Waals surface area contributed by atoms with Crippen molar-refractivity contribution in [3.05, 3.63) is 40.6 Å². The number of nitrogens with one attached hydrogen (secondary N) is 2. The quantitative estimate of drug-likeness (QED) is 0.778. The first-order valence-corrected chi connectivity index (χ1v) is 5.48. The Hall–Kier alpha value is -2.44. The minimum atomic E-state index is -0.938. The molecule has 1 amide bonds. The van der Waals surface area contributed by atoms with Gasteiger partial charge in [0.05, 0.1) is 11.4 Å². The van der Waals surface area contributed by atoms with Crippen molar-refractivity contribution in [1.29, 1.82) is 0 Å². The molecule has 0 aliphatic heterocycles. The zero-order valence-corrected chi connectivity index (χ0v) is 10.3. The van der Waals surface area contributed by atoms with Crippen LogP contribution in [0.5, 0.6) is 0 Å². The van der Waals surface area contributed by atoms with Crippen LogP contribution in [0.25, 0.3) is 0 Å². The molecule has 0 atom stereocenters. The van der Waals surface area contributed by atoms with Gasteiger partial charge in [0.1, 0.15) is 17.2 Å². The van der Waals surface area contributed by atoms with Gasteiger partial charge in [-0.05, 0) is 25.5 Å². The van der Waals surface area contributed by atoms with E-state index in [0.29, 0.717) is 5.69 Å². The van der Waals surface area contributed by atoms with Crippen molar-refractivity contribution < 1.29 is 13.6 Å². The van der Waals surface area contributed by atoms with Crippen molar-refractivity contribution in [2.45, 2.75) is 13.8 Å². The highest BCUT2D eigenvalue weighted by atomic mass is 19.1. The molecule has 0 fully saturated rings. The number of anilines is 2. The molecule has 4 N–H and O–H groups in total. The summed E-state index contributed by atoms with van der Waals surface area (Å²) in [4.78, 5) is 11.9. The number of rotatable bonds is 2. The maximum atomic E-state index is 13.8. The van der Waals surface area contributed by atoms with Crippen LogP contribution in [0.1, 0.15) is 21.6 Å². The van der Waals surface area contributed by atoms with Crippen LogP contribution < -0.4 is 11.1 Å². The van der Waals surface area contributed by atoms with Gasteiger partial charge in [-0.1, -0.05) is 6.07 Å². The average Bonchev–Trinajstić information content (AvgIpc) is 2.66. The van der Waals surface area contributed by atoms with Crippen molar-refractivity contribution in [1.82, 2.24) is 10.2 Å². The highest BCUT2D eigenvalue weighted by Gasteiger charge is 2.21. The number of amides is 1. The van der Waals surface area contributed by atoms with E-state index >= 15 is 0 Å².